The third-order valence-corrected chi connectivity index (χ3v) is 3.50. The minimum absolute atomic E-state index is 0.464. The van der Waals surface area contributed by atoms with Gasteiger partial charge in [-0.05, 0) is 39.7 Å². The van der Waals surface area contributed by atoms with Gasteiger partial charge in [-0.3, -0.25) is 0 Å². The van der Waals surface area contributed by atoms with Crippen molar-refractivity contribution in [2.45, 2.75) is 50.9 Å². The van der Waals surface area contributed by atoms with E-state index < -0.39 is 0 Å². The number of nitrogens with zero attached hydrogens (tertiary/aromatic N) is 1. The monoisotopic (exact) mass is 212 g/mol. The van der Waals surface area contributed by atoms with Crippen molar-refractivity contribution in [3.63, 3.8) is 0 Å². The van der Waals surface area contributed by atoms with Gasteiger partial charge in [0, 0.05) is 25.7 Å². The Morgan fingerprint density at radius 2 is 2.07 bits per heavy atom. The minimum Gasteiger partial charge on any atom is -0.374 e. The van der Waals surface area contributed by atoms with Gasteiger partial charge in [0.2, 0.25) is 0 Å². The summed E-state index contributed by atoms with van der Waals surface area (Å²) in [7, 11) is 2.23. The quantitative estimate of drug-likeness (QED) is 0.670. The highest BCUT2D eigenvalue weighted by atomic mass is 16.5. The molecule has 2 unspecified atom stereocenters. The molecule has 3 nitrogen and oxygen atoms in total. The number of ether oxygens (including phenoxy) is 1. The first-order valence-corrected chi connectivity index (χ1v) is 6.32. The van der Waals surface area contributed by atoms with Crippen LogP contribution in [0, 0.1) is 0 Å². The Morgan fingerprint density at radius 1 is 1.27 bits per heavy atom. The molecule has 0 radical (unpaired) electrons. The van der Waals surface area contributed by atoms with Crippen LogP contribution in [0.15, 0.2) is 0 Å². The van der Waals surface area contributed by atoms with Crippen LogP contribution >= 0.6 is 0 Å². The molecular weight excluding hydrogens is 188 g/mol. The SMILES string of the molecule is CC1CCC(CNCCN(C)C2CC2)O1. The molecule has 0 aromatic carbocycles. The molecule has 3 heteroatoms. The molecule has 2 aliphatic rings. The van der Waals surface area contributed by atoms with E-state index >= 15 is 0 Å². The maximum Gasteiger partial charge on any atom is 0.0704 e. The lowest BCUT2D eigenvalue weighted by molar-refractivity contribution is 0.0558. The smallest absolute Gasteiger partial charge is 0.0704 e. The van der Waals surface area contributed by atoms with Crippen LogP contribution in [0.4, 0.5) is 0 Å². The molecular formula is C12H24N2O. The van der Waals surface area contributed by atoms with E-state index in [1.165, 1.54) is 32.2 Å². The fourth-order valence-corrected chi connectivity index (χ4v) is 2.25. The molecule has 1 aliphatic heterocycles. The highest BCUT2D eigenvalue weighted by Gasteiger charge is 2.25. The van der Waals surface area contributed by atoms with E-state index in [4.69, 9.17) is 4.74 Å². The molecule has 2 fully saturated rings. The van der Waals surface area contributed by atoms with Crippen LogP contribution in [0.3, 0.4) is 0 Å². The van der Waals surface area contributed by atoms with Crippen molar-refractivity contribution >= 4 is 0 Å². The second kappa shape index (κ2) is 5.28. The number of hydrogen-bond donors (Lipinski definition) is 1. The van der Waals surface area contributed by atoms with Crippen LogP contribution in [0.2, 0.25) is 0 Å². The van der Waals surface area contributed by atoms with Crippen molar-refractivity contribution in [1.82, 2.24) is 10.2 Å². The molecule has 0 amide bonds. The summed E-state index contributed by atoms with van der Waals surface area (Å²) in [6.07, 6.45) is 6.21. The first-order chi connectivity index (χ1) is 7.25. The van der Waals surface area contributed by atoms with E-state index in [0.717, 1.165) is 19.1 Å². The standard InChI is InChI=1S/C12H24N2O/c1-10-3-6-12(15-10)9-13-7-8-14(2)11-4-5-11/h10-13H,3-9H2,1-2H3. The summed E-state index contributed by atoms with van der Waals surface area (Å²) in [6, 6.07) is 0.884. The van der Waals surface area contributed by atoms with Gasteiger partial charge < -0.3 is 15.0 Å². The molecule has 1 saturated carbocycles. The molecule has 1 saturated heterocycles. The Morgan fingerprint density at radius 3 is 2.67 bits per heavy atom. The van der Waals surface area contributed by atoms with Gasteiger partial charge in [0.05, 0.1) is 12.2 Å². The van der Waals surface area contributed by atoms with Gasteiger partial charge in [-0.2, -0.15) is 0 Å². The summed E-state index contributed by atoms with van der Waals surface area (Å²) in [4.78, 5) is 2.46. The maximum absolute atomic E-state index is 5.75. The fraction of sp³-hybridized carbons (Fsp3) is 1.00. The molecule has 1 heterocycles. The zero-order chi connectivity index (χ0) is 10.7. The third kappa shape index (κ3) is 3.74. The number of hydrogen-bond acceptors (Lipinski definition) is 3. The summed E-state index contributed by atoms with van der Waals surface area (Å²) in [5.74, 6) is 0. The fourth-order valence-electron chi connectivity index (χ4n) is 2.25. The van der Waals surface area contributed by atoms with Crippen molar-refractivity contribution in [1.29, 1.82) is 0 Å². The summed E-state index contributed by atoms with van der Waals surface area (Å²) in [5.41, 5.74) is 0. The Kier molecular flexibility index (Phi) is 4.00. The van der Waals surface area contributed by atoms with Gasteiger partial charge in [0.25, 0.3) is 0 Å². The summed E-state index contributed by atoms with van der Waals surface area (Å²) in [5, 5.41) is 3.49. The highest BCUT2D eigenvalue weighted by molar-refractivity contribution is 4.82. The molecule has 0 spiro atoms. The van der Waals surface area contributed by atoms with E-state index in [2.05, 4.69) is 24.2 Å². The lowest BCUT2D eigenvalue weighted by Gasteiger charge is -2.17. The zero-order valence-electron chi connectivity index (χ0n) is 10.0. The van der Waals surface area contributed by atoms with Crippen LogP contribution in [0.25, 0.3) is 0 Å². The zero-order valence-corrected chi connectivity index (χ0v) is 10.0. The Labute approximate surface area is 93.2 Å². The first-order valence-electron chi connectivity index (χ1n) is 6.32. The normalized spacial score (nSPS) is 31.4. The van der Waals surface area contributed by atoms with Gasteiger partial charge in [-0.1, -0.05) is 0 Å². The maximum atomic E-state index is 5.75. The Bertz CT molecular complexity index is 194. The molecule has 15 heavy (non-hydrogen) atoms. The average molecular weight is 212 g/mol. The predicted molar refractivity (Wildman–Crippen MR) is 62.1 cm³/mol. The van der Waals surface area contributed by atoms with Gasteiger partial charge in [-0.15, -0.1) is 0 Å². The van der Waals surface area contributed by atoms with E-state index in [-0.39, 0.29) is 0 Å². The summed E-state index contributed by atoms with van der Waals surface area (Å²) < 4.78 is 5.75. The first kappa shape index (κ1) is 11.4. The van der Waals surface area contributed by atoms with Crippen molar-refractivity contribution in [3.05, 3.63) is 0 Å². The van der Waals surface area contributed by atoms with Gasteiger partial charge >= 0.3 is 0 Å². The lowest BCUT2D eigenvalue weighted by atomic mass is 10.2. The van der Waals surface area contributed by atoms with Crippen molar-refractivity contribution < 1.29 is 4.74 Å². The molecule has 0 aromatic rings. The molecule has 0 aromatic heterocycles. The van der Waals surface area contributed by atoms with Gasteiger partial charge in [0.1, 0.15) is 0 Å². The number of nitrogens with one attached hydrogen (secondary N) is 1. The second-order valence-corrected chi connectivity index (χ2v) is 5.06. The molecule has 88 valence electrons. The largest absolute Gasteiger partial charge is 0.374 e. The number of likely N-dealkylation sites (N-methyl/N-ethyl adjacent to an activating group) is 1. The van der Waals surface area contributed by atoms with E-state index in [9.17, 15) is 0 Å². The molecule has 0 bridgehead atoms. The Balaban J connectivity index is 1.47. The van der Waals surface area contributed by atoms with E-state index in [1.807, 2.05) is 0 Å². The molecule has 2 atom stereocenters. The van der Waals surface area contributed by atoms with Crippen LogP contribution in [-0.4, -0.2) is 49.8 Å². The third-order valence-electron chi connectivity index (χ3n) is 3.50. The van der Waals surface area contributed by atoms with Crippen molar-refractivity contribution in [2.24, 2.45) is 0 Å². The second-order valence-electron chi connectivity index (χ2n) is 5.06. The van der Waals surface area contributed by atoms with Crippen molar-refractivity contribution in [3.8, 4) is 0 Å². The topological polar surface area (TPSA) is 24.5 Å². The molecule has 1 aliphatic carbocycles. The molecule has 2 rings (SSSR count). The lowest BCUT2D eigenvalue weighted by Crippen LogP contribution is -2.34. The van der Waals surface area contributed by atoms with Crippen molar-refractivity contribution in [2.75, 3.05) is 26.7 Å². The minimum atomic E-state index is 0.464. The number of rotatable bonds is 6. The summed E-state index contributed by atoms with van der Waals surface area (Å²) >= 11 is 0. The van der Waals surface area contributed by atoms with E-state index in [0.29, 0.717) is 12.2 Å². The molecule has 1 N–H and O–H groups in total. The van der Waals surface area contributed by atoms with Crippen LogP contribution in [0.5, 0.6) is 0 Å². The van der Waals surface area contributed by atoms with Crippen LogP contribution < -0.4 is 5.32 Å². The van der Waals surface area contributed by atoms with Gasteiger partial charge in [0.15, 0.2) is 0 Å². The predicted octanol–water partition coefficient (Wildman–Crippen LogP) is 1.24. The summed E-state index contributed by atoms with van der Waals surface area (Å²) in [6.45, 7) is 5.47. The van der Waals surface area contributed by atoms with Crippen LogP contribution in [0.1, 0.15) is 32.6 Å². The highest BCUT2D eigenvalue weighted by Crippen LogP contribution is 2.24. The van der Waals surface area contributed by atoms with Crippen LogP contribution in [-0.2, 0) is 4.74 Å². The van der Waals surface area contributed by atoms with E-state index in [1.54, 1.807) is 0 Å². The average Bonchev–Trinajstić information content (AvgIpc) is 2.98. The Hall–Kier alpha value is -0.120. The van der Waals surface area contributed by atoms with Gasteiger partial charge in [-0.25, -0.2) is 0 Å².